The lowest BCUT2D eigenvalue weighted by Crippen LogP contribution is -2.47. The fourth-order valence-corrected chi connectivity index (χ4v) is 2.80. The Balaban J connectivity index is 2.20. The van der Waals surface area contributed by atoms with Crippen molar-refractivity contribution in [3.8, 4) is 0 Å². The maximum Gasteiger partial charge on any atom is 0.236 e. The normalized spacial score (nSPS) is 20.2. The van der Waals surface area contributed by atoms with Crippen molar-refractivity contribution in [3.63, 3.8) is 0 Å². The van der Waals surface area contributed by atoms with Crippen LogP contribution in [0.3, 0.4) is 0 Å². The van der Waals surface area contributed by atoms with Gasteiger partial charge in [-0.3, -0.25) is 4.31 Å². The van der Waals surface area contributed by atoms with Crippen LogP contribution in [0.15, 0.2) is 24.3 Å². The molecule has 1 aliphatic rings. The molecule has 1 N–H and O–H groups in total. The molecule has 1 aromatic carbocycles. The number of benzene rings is 1. The topological polar surface area (TPSA) is 57.6 Å². The van der Waals surface area contributed by atoms with Crippen LogP contribution in [0.4, 0.5) is 5.69 Å². The van der Waals surface area contributed by atoms with Crippen LogP contribution in [0.5, 0.6) is 0 Å². The van der Waals surface area contributed by atoms with Crippen molar-refractivity contribution in [1.82, 2.24) is 0 Å². The molecule has 88 valence electrons. The van der Waals surface area contributed by atoms with Gasteiger partial charge in [0.25, 0.3) is 0 Å². The summed E-state index contributed by atoms with van der Waals surface area (Å²) in [4.78, 5) is 0. The van der Waals surface area contributed by atoms with Crippen LogP contribution < -0.4 is 4.31 Å². The fraction of sp³-hybridized carbons (Fsp3) is 0.455. The molecule has 1 unspecified atom stereocenters. The van der Waals surface area contributed by atoms with Gasteiger partial charge in [-0.15, -0.1) is 0 Å². The van der Waals surface area contributed by atoms with Gasteiger partial charge in [0.15, 0.2) is 0 Å². The smallest absolute Gasteiger partial charge is 0.236 e. The Morgan fingerprint density at radius 2 is 2.00 bits per heavy atom. The number of hydrogen-bond donors (Lipinski definition) is 1. The van der Waals surface area contributed by atoms with Gasteiger partial charge in [-0.2, -0.15) is 0 Å². The van der Waals surface area contributed by atoms with Crippen molar-refractivity contribution in [2.45, 2.75) is 12.8 Å². The second kappa shape index (κ2) is 4.07. The molecular weight excluding hydrogens is 226 g/mol. The molecule has 1 saturated heterocycles. The summed E-state index contributed by atoms with van der Waals surface area (Å²) in [6.45, 7) is 2.59. The van der Waals surface area contributed by atoms with E-state index in [0.29, 0.717) is 12.2 Å². The molecule has 4 nitrogen and oxygen atoms in total. The molecule has 0 saturated carbocycles. The third-order valence-corrected chi connectivity index (χ3v) is 4.68. The minimum Gasteiger partial charge on any atom is -0.396 e. The Morgan fingerprint density at radius 1 is 1.38 bits per heavy atom. The summed E-state index contributed by atoms with van der Waals surface area (Å²) < 4.78 is 24.2. The van der Waals surface area contributed by atoms with Gasteiger partial charge in [0, 0.05) is 19.1 Å². The first-order chi connectivity index (χ1) is 7.54. The van der Waals surface area contributed by atoms with Crippen molar-refractivity contribution in [3.05, 3.63) is 29.8 Å². The van der Waals surface area contributed by atoms with E-state index in [1.54, 1.807) is 12.1 Å². The van der Waals surface area contributed by atoms with Crippen LogP contribution in [0.1, 0.15) is 18.4 Å². The first-order valence-electron chi connectivity index (χ1n) is 5.26. The zero-order valence-corrected chi connectivity index (χ0v) is 9.94. The molecule has 16 heavy (non-hydrogen) atoms. The Morgan fingerprint density at radius 3 is 2.38 bits per heavy atom. The lowest BCUT2D eigenvalue weighted by Gasteiger charge is -2.32. The molecule has 0 amide bonds. The van der Waals surface area contributed by atoms with E-state index in [-0.39, 0.29) is 18.3 Å². The lowest BCUT2D eigenvalue weighted by atomic mass is 10.0. The molecule has 1 aromatic rings. The molecule has 2 rings (SSSR count). The van der Waals surface area contributed by atoms with Crippen LogP contribution in [0.2, 0.25) is 0 Å². The van der Waals surface area contributed by atoms with Crippen LogP contribution in [-0.4, -0.2) is 32.4 Å². The number of aliphatic hydroxyl groups is 1. The molecule has 1 fully saturated rings. The second-order valence-electron chi connectivity index (χ2n) is 4.06. The van der Waals surface area contributed by atoms with Gasteiger partial charge in [0.2, 0.25) is 10.0 Å². The molecule has 5 heteroatoms. The van der Waals surface area contributed by atoms with Crippen molar-refractivity contribution in [1.29, 1.82) is 0 Å². The van der Waals surface area contributed by atoms with Gasteiger partial charge in [0.05, 0.1) is 11.4 Å². The van der Waals surface area contributed by atoms with Crippen LogP contribution in [0, 0.1) is 0 Å². The zero-order valence-electron chi connectivity index (χ0n) is 9.13. The minimum absolute atomic E-state index is 0.0852. The largest absolute Gasteiger partial charge is 0.396 e. The standard InChI is InChI=1S/C11H15NO3S/c1-9(8-13)10-2-4-11(5-3-10)12-6-7-16(12,14)15/h2-5,9,13H,6-8H2,1H3. The second-order valence-corrected chi connectivity index (χ2v) is 6.08. The van der Waals surface area contributed by atoms with Gasteiger partial charge in [-0.05, 0) is 17.7 Å². The number of hydrogen-bond acceptors (Lipinski definition) is 3. The van der Waals surface area contributed by atoms with Crippen molar-refractivity contribution in [2.24, 2.45) is 0 Å². The van der Waals surface area contributed by atoms with Crippen LogP contribution >= 0.6 is 0 Å². The highest BCUT2D eigenvalue weighted by Gasteiger charge is 2.32. The number of anilines is 1. The van der Waals surface area contributed by atoms with E-state index in [1.807, 2.05) is 19.1 Å². The molecule has 0 bridgehead atoms. The monoisotopic (exact) mass is 241 g/mol. The van der Waals surface area contributed by atoms with Gasteiger partial charge >= 0.3 is 0 Å². The summed E-state index contributed by atoms with van der Waals surface area (Å²) in [5.74, 6) is 0.323. The Bertz CT molecular complexity index is 467. The highest BCUT2D eigenvalue weighted by Crippen LogP contribution is 2.26. The molecule has 0 aliphatic carbocycles. The van der Waals surface area contributed by atoms with E-state index in [9.17, 15) is 8.42 Å². The van der Waals surface area contributed by atoms with E-state index in [2.05, 4.69) is 0 Å². The highest BCUT2D eigenvalue weighted by molar-refractivity contribution is 7.94. The quantitative estimate of drug-likeness (QED) is 0.856. The molecule has 1 atom stereocenters. The van der Waals surface area contributed by atoms with E-state index in [0.717, 1.165) is 5.56 Å². The van der Waals surface area contributed by atoms with Gasteiger partial charge in [-0.1, -0.05) is 19.1 Å². The third kappa shape index (κ3) is 1.92. The Labute approximate surface area is 95.6 Å². The molecule has 0 spiro atoms. The van der Waals surface area contributed by atoms with Crippen molar-refractivity contribution >= 4 is 15.7 Å². The molecule has 0 aromatic heterocycles. The molecular formula is C11H15NO3S. The summed E-state index contributed by atoms with van der Waals surface area (Å²) >= 11 is 0. The fourth-order valence-electron chi connectivity index (χ4n) is 1.70. The van der Waals surface area contributed by atoms with Crippen molar-refractivity contribution < 1.29 is 13.5 Å². The van der Waals surface area contributed by atoms with Crippen LogP contribution in [-0.2, 0) is 10.0 Å². The predicted molar refractivity (Wildman–Crippen MR) is 63.1 cm³/mol. The first kappa shape index (κ1) is 11.4. The average molecular weight is 241 g/mol. The van der Waals surface area contributed by atoms with Gasteiger partial charge < -0.3 is 5.11 Å². The summed E-state index contributed by atoms with van der Waals surface area (Å²) in [7, 11) is -3.03. The third-order valence-electron chi connectivity index (χ3n) is 2.91. The molecule has 1 heterocycles. The average Bonchev–Trinajstić information content (AvgIpc) is 2.28. The Kier molecular flexibility index (Phi) is 2.90. The van der Waals surface area contributed by atoms with E-state index in [4.69, 9.17) is 5.11 Å². The summed E-state index contributed by atoms with van der Waals surface area (Å²) in [5, 5.41) is 9.00. The summed E-state index contributed by atoms with van der Waals surface area (Å²) in [5.41, 5.74) is 1.73. The van der Waals surface area contributed by atoms with E-state index in [1.165, 1.54) is 4.31 Å². The van der Waals surface area contributed by atoms with Gasteiger partial charge in [-0.25, -0.2) is 8.42 Å². The summed E-state index contributed by atoms with van der Waals surface area (Å²) in [6, 6.07) is 7.31. The molecule has 1 aliphatic heterocycles. The lowest BCUT2D eigenvalue weighted by molar-refractivity contribution is 0.273. The Hall–Kier alpha value is -1.07. The number of rotatable bonds is 3. The SMILES string of the molecule is CC(CO)c1ccc(N2CCS2(=O)=O)cc1. The summed E-state index contributed by atoms with van der Waals surface area (Å²) in [6.07, 6.45) is 0. The number of nitrogens with zero attached hydrogens (tertiary/aromatic N) is 1. The predicted octanol–water partition coefficient (Wildman–Crippen LogP) is 0.932. The minimum atomic E-state index is -3.03. The number of aliphatic hydroxyl groups excluding tert-OH is 1. The zero-order chi connectivity index (χ0) is 11.8. The highest BCUT2D eigenvalue weighted by atomic mass is 32.2. The van der Waals surface area contributed by atoms with Crippen molar-refractivity contribution in [2.75, 3.05) is 23.2 Å². The maximum absolute atomic E-state index is 11.4. The van der Waals surface area contributed by atoms with Crippen LogP contribution in [0.25, 0.3) is 0 Å². The number of sulfonamides is 1. The van der Waals surface area contributed by atoms with E-state index < -0.39 is 10.0 Å². The molecule has 0 radical (unpaired) electrons. The first-order valence-corrected chi connectivity index (χ1v) is 6.87. The maximum atomic E-state index is 11.4. The van der Waals surface area contributed by atoms with E-state index >= 15 is 0 Å². The van der Waals surface area contributed by atoms with Gasteiger partial charge in [0.1, 0.15) is 0 Å².